The van der Waals surface area contributed by atoms with Crippen LogP contribution >= 0.6 is 11.6 Å². The monoisotopic (exact) mass is 246 g/mol. The first-order valence-corrected chi connectivity index (χ1v) is 6.30. The second-order valence-electron chi connectivity index (χ2n) is 4.41. The second kappa shape index (κ2) is 6.74. The number of rotatable bonds is 3. The molecule has 0 saturated heterocycles. The van der Waals surface area contributed by atoms with Crippen LogP contribution in [0.25, 0.3) is 0 Å². The number of urea groups is 1. The topological polar surface area (TPSA) is 58.2 Å². The molecule has 2 N–H and O–H groups in total. The third-order valence-corrected chi connectivity index (χ3v) is 3.43. The van der Waals surface area contributed by atoms with Gasteiger partial charge in [0.05, 0.1) is 0 Å². The summed E-state index contributed by atoms with van der Waals surface area (Å²) >= 11 is 5.28. The van der Waals surface area contributed by atoms with Crippen molar-refractivity contribution in [3.8, 4) is 0 Å². The van der Waals surface area contributed by atoms with Gasteiger partial charge in [-0.05, 0) is 18.3 Å². The molecule has 2 atom stereocenters. The molecule has 0 radical (unpaired) electrons. The van der Waals surface area contributed by atoms with E-state index in [1.54, 1.807) is 0 Å². The summed E-state index contributed by atoms with van der Waals surface area (Å²) in [6.45, 7) is 2.86. The summed E-state index contributed by atoms with van der Waals surface area (Å²) in [6.07, 6.45) is 4.91. The van der Waals surface area contributed by atoms with Crippen LogP contribution in [0.15, 0.2) is 0 Å². The van der Waals surface area contributed by atoms with E-state index in [1.165, 1.54) is 19.3 Å². The van der Waals surface area contributed by atoms with E-state index < -0.39 is 11.9 Å². The van der Waals surface area contributed by atoms with Crippen molar-refractivity contribution in [3.63, 3.8) is 0 Å². The Morgan fingerprint density at radius 3 is 2.62 bits per heavy atom. The third kappa shape index (κ3) is 4.39. The first-order valence-electron chi connectivity index (χ1n) is 5.77. The van der Waals surface area contributed by atoms with Crippen LogP contribution in [0.5, 0.6) is 0 Å². The predicted molar refractivity (Wildman–Crippen MR) is 63.4 cm³/mol. The Morgan fingerprint density at radius 2 is 2.00 bits per heavy atom. The number of carbonyl (C=O) groups excluding carboxylic acids is 2. The molecule has 1 saturated carbocycles. The summed E-state index contributed by atoms with van der Waals surface area (Å²) in [5.74, 6) is 0.534. The standard InChI is InChI=1S/C11H19ClN2O2/c1-8-4-2-3-5-9(8)7-13-11(16)14-10(15)6-12/h8-9H,2-7H2,1H3,(H2,13,14,15,16). The highest BCUT2D eigenvalue weighted by molar-refractivity contribution is 6.28. The highest BCUT2D eigenvalue weighted by atomic mass is 35.5. The normalized spacial score (nSPS) is 24.9. The summed E-state index contributed by atoms with van der Waals surface area (Å²) < 4.78 is 0. The van der Waals surface area contributed by atoms with Gasteiger partial charge in [0.2, 0.25) is 5.91 Å². The van der Waals surface area contributed by atoms with Crippen LogP contribution in [0.2, 0.25) is 0 Å². The molecular weight excluding hydrogens is 228 g/mol. The Hall–Kier alpha value is -0.770. The fourth-order valence-corrected chi connectivity index (χ4v) is 2.19. The molecule has 0 aromatic heterocycles. The average molecular weight is 247 g/mol. The summed E-state index contributed by atoms with van der Waals surface area (Å²) in [7, 11) is 0. The van der Waals surface area contributed by atoms with Gasteiger partial charge in [-0.15, -0.1) is 11.6 Å². The summed E-state index contributed by atoms with van der Waals surface area (Å²) in [4.78, 5) is 22.1. The van der Waals surface area contributed by atoms with Crippen molar-refractivity contribution in [1.82, 2.24) is 10.6 Å². The van der Waals surface area contributed by atoms with Crippen LogP contribution < -0.4 is 10.6 Å². The predicted octanol–water partition coefficient (Wildman–Crippen LogP) is 1.88. The minimum atomic E-state index is -0.462. The minimum Gasteiger partial charge on any atom is -0.338 e. The number of amides is 3. The van der Waals surface area contributed by atoms with Crippen molar-refractivity contribution in [1.29, 1.82) is 0 Å². The van der Waals surface area contributed by atoms with Gasteiger partial charge < -0.3 is 5.32 Å². The fourth-order valence-electron chi connectivity index (χ4n) is 2.12. The maximum Gasteiger partial charge on any atom is 0.321 e. The average Bonchev–Trinajstić information content (AvgIpc) is 2.28. The molecule has 0 heterocycles. The van der Waals surface area contributed by atoms with Crippen molar-refractivity contribution in [3.05, 3.63) is 0 Å². The van der Waals surface area contributed by atoms with Gasteiger partial charge in [0.15, 0.2) is 0 Å². The van der Waals surface area contributed by atoms with E-state index in [0.29, 0.717) is 18.4 Å². The lowest BCUT2D eigenvalue weighted by molar-refractivity contribution is -0.117. The number of alkyl halides is 1. The zero-order valence-corrected chi connectivity index (χ0v) is 10.3. The molecule has 4 nitrogen and oxygen atoms in total. The summed E-state index contributed by atoms with van der Waals surface area (Å²) in [6, 6.07) is -0.441. The number of nitrogens with one attached hydrogen (secondary N) is 2. The lowest BCUT2D eigenvalue weighted by Crippen LogP contribution is -2.43. The van der Waals surface area contributed by atoms with Gasteiger partial charge in [0.25, 0.3) is 0 Å². The summed E-state index contributed by atoms with van der Waals surface area (Å²) in [5, 5.41) is 4.88. The zero-order valence-electron chi connectivity index (χ0n) is 9.59. The fraction of sp³-hybridized carbons (Fsp3) is 0.818. The molecule has 16 heavy (non-hydrogen) atoms. The van der Waals surface area contributed by atoms with Gasteiger partial charge in [-0.1, -0.05) is 26.2 Å². The molecule has 1 fully saturated rings. The van der Waals surface area contributed by atoms with E-state index in [1.807, 2.05) is 0 Å². The minimum absolute atomic E-state index is 0.187. The maximum absolute atomic E-state index is 11.3. The smallest absolute Gasteiger partial charge is 0.321 e. The molecule has 2 unspecified atom stereocenters. The van der Waals surface area contributed by atoms with Crippen molar-refractivity contribution in [2.24, 2.45) is 11.8 Å². The number of carbonyl (C=O) groups is 2. The van der Waals surface area contributed by atoms with E-state index >= 15 is 0 Å². The second-order valence-corrected chi connectivity index (χ2v) is 4.68. The Balaban J connectivity index is 2.22. The van der Waals surface area contributed by atoms with Crippen molar-refractivity contribution >= 4 is 23.5 Å². The Bertz CT molecular complexity index is 258. The first kappa shape index (κ1) is 13.3. The van der Waals surface area contributed by atoms with Crippen molar-refractivity contribution in [2.75, 3.05) is 12.4 Å². The highest BCUT2D eigenvalue weighted by Crippen LogP contribution is 2.28. The highest BCUT2D eigenvalue weighted by Gasteiger charge is 2.21. The van der Waals surface area contributed by atoms with E-state index in [2.05, 4.69) is 17.6 Å². The van der Waals surface area contributed by atoms with Crippen molar-refractivity contribution in [2.45, 2.75) is 32.6 Å². The molecule has 0 aromatic rings. The molecule has 5 heteroatoms. The van der Waals surface area contributed by atoms with Gasteiger partial charge in [0, 0.05) is 6.54 Å². The molecule has 1 aliphatic carbocycles. The van der Waals surface area contributed by atoms with Crippen LogP contribution in [-0.4, -0.2) is 24.4 Å². The maximum atomic E-state index is 11.3. The van der Waals surface area contributed by atoms with Crippen LogP contribution in [0, 0.1) is 11.8 Å². The Morgan fingerprint density at radius 1 is 1.31 bits per heavy atom. The van der Waals surface area contributed by atoms with E-state index in [9.17, 15) is 9.59 Å². The number of hydrogen-bond donors (Lipinski definition) is 2. The molecule has 1 aliphatic rings. The zero-order chi connectivity index (χ0) is 12.0. The quantitative estimate of drug-likeness (QED) is 0.747. The molecule has 1 rings (SSSR count). The van der Waals surface area contributed by atoms with E-state index in [-0.39, 0.29) is 5.88 Å². The number of imide groups is 1. The largest absolute Gasteiger partial charge is 0.338 e. The molecule has 0 aromatic carbocycles. The van der Waals surface area contributed by atoms with Crippen LogP contribution in [0.4, 0.5) is 4.79 Å². The lowest BCUT2D eigenvalue weighted by atomic mass is 9.80. The Labute approximate surface area is 101 Å². The van der Waals surface area contributed by atoms with E-state index in [4.69, 9.17) is 11.6 Å². The molecule has 3 amide bonds. The number of halogens is 1. The van der Waals surface area contributed by atoms with Crippen molar-refractivity contribution < 1.29 is 9.59 Å². The molecule has 92 valence electrons. The van der Waals surface area contributed by atoms with Crippen LogP contribution in [0.1, 0.15) is 32.6 Å². The van der Waals surface area contributed by atoms with Crippen LogP contribution in [0.3, 0.4) is 0 Å². The van der Waals surface area contributed by atoms with Gasteiger partial charge in [0.1, 0.15) is 5.88 Å². The lowest BCUT2D eigenvalue weighted by Gasteiger charge is -2.28. The molecule has 0 aliphatic heterocycles. The van der Waals surface area contributed by atoms with Gasteiger partial charge in [-0.25, -0.2) is 4.79 Å². The SMILES string of the molecule is CC1CCCCC1CNC(=O)NC(=O)CCl. The third-order valence-electron chi connectivity index (χ3n) is 3.19. The number of hydrogen-bond acceptors (Lipinski definition) is 2. The van der Waals surface area contributed by atoms with Gasteiger partial charge in [-0.2, -0.15) is 0 Å². The Kier molecular flexibility index (Phi) is 5.60. The molecule has 0 bridgehead atoms. The van der Waals surface area contributed by atoms with Crippen LogP contribution in [-0.2, 0) is 4.79 Å². The van der Waals surface area contributed by atoms with Gasteiger partial charge >= 0.3 is 6.03 Å². The molecule has 0 spiro atoms. The first-order chi connectivity index (χ1) is 7.63. The van der Waals surface area contributed by atoms with E-state index in [0.717, 1.165) is 6.42 Å². The van der Waals surface area contributed by atoms with Gasteiger partial charge in [-0.3, -0.25) is 10.1 Å². The molecular formula is C11H19ClN2O2. The summed E-state index contributed by atoms with van der Waals surface area (Å²) in [5.41, 5.74) is 0.